The van der Waals surface area contributed by atoms with E-state index in [2.05, 4.69) is 0 Å². The quantitative estimate of drug-likeness (QED) is 0.882. The van der Waals surface area contributed by atoms with Crippen molar-refractivity contribution >= 4 is 0 Å². The van der Waals surface area contributed by atoms with Gasteiger partial charge >= 0.3 is 0 Å². The number of halogens is 1. The van der Waals surface area contributed by atoms with Crippen LogP contribution in [0.5, 0.6) is 11.5 Å². The molecule has 20 heavy (non-hydrogen) atoms. The molecule has 2 rings (SSSR count). The predicted octanol–water partition coefficient (Wildman–Crippen LogP) is 2.82. The highest BCUT2D eigenvalue weighted by atomic mass is 19.1. The number of hydrogen-bond donors (Lipinski definition) is 2. The third kappa shape index (κ3) is 3.27. The Morgan fingerprint density at radius 2 is 2.05 bits per heavy atom. The molecule has 0 aliphatic rings. The van der Waals surface area contributed by atoms with E-state index in [4.69, 9.17) is 10.5 Å². The molecule has 0 spiro atoms. The van der Waals surface area contributed by atoms with Gasteiger partial charge in [0.2, 0.25) is 0 Å². The molecule has 0 saturated carbocycles. The minimum absolute atomic E-state index is 0.00259. The smallest absolute Gasteiger partial charge is 0.165 e. The van der Waals surface area contributed by atoms with Crippen LogP contribution in [-0.2, 0) is 6.42 Å². The van der Waals surface area contributed by atoms with Crippen molar-refractivity contribution in [3.63, 3.8) is 0 Å². The summed E-state index contributed by atoms with van der Waals surface area (Å²) >= 11 is 0. The Morgan fingerprint density at radius 1 is 1.25 bits per heavy atom. The van der Waals surface area contributed by atoms with Crippen LogP contribution in [0, 0.1) is 5.82 Å². The Hall–Kier alpha value is -2.07. The fourth-order valence-electron chi connectivity index (χ4n) is 2.24. The third-order valence-corrected chi connectivity index (χ3v) is 3.32. The monoisotopic (exact) mass is 275 g/mol. The van der Waals surface area contributed by atoms with Crippen LogP contribution in [0.3, 0.4) is 0 Å². The number of aromatic hydroxyl groups is 1. The average Bonchev–Trinajstić information content (AvgIpc) is 2.44. The van der Waals surface area contributed by atoms with E-state index in [1.807, 2.05) is 12.1 Å². The van der Waals surface area contributed by atoms with Crippen molar-refractivity contribution < 1.29 is 14.2 Å². The lowest BCUT2D eigenvalue weighted by molar-refractivity contribution is 0.386. The van der Waals surface area contributed by atoms with E-state index in [1.54, 1.807) is 24.3 Å². The maximum Gasteiger partial charge on any atom is 0.165 e. The van der Waals surface area contributed by atoms with Gasteiger partial charge in [0.1, 0.15) is 5.75 Å². The van der Waals surface area contributed by atoms with E-state index in [0.717, 1.165) is 11.1 Å². The van der Waals surface area contributed by atoms with Crippen LogP contribution >= 0.6 is 0 Å². The summed E-state index contributed by atoms with van der Waals surface area (Å²) in [5.74, 6) is 0.0534. The summed E-state index contributed by atoms with van der Waals surface area (Å²) in [5.41, 5.74) is 7.59. The van der Waals surface area contributed by atoms with Gasteiger partial charge in [-0.3, -0.25) is 0 Å². The maximum atomic E-state index is 13.7. The second-order valence-corrected chi connectivity index (χ2v) is 4.70. The summed E-state index contributed by atoms with van der Waals surface area (Å²) in [5, 5.41) is 9.47. The molecule has 0 bridgehead atoms. The molecule has 4 heteroatoms. The topological polar surface area (TPSA) is 55.5 Å². The van der Waals surface area contributed by atoms with E-state index in [-0.39, 0.29) is 23.2 Å². The second-order valence-electron chi connectivity index (χ2n) is 4.70. The van der Waals surface area contributed by atoms with Crippen molar-refractivity contribution in [2.24, 2.45) is 5.73 Å². The van der Waals surface area contributed by atoms with Gasteiger partial charge in [0.15, 0.2) is 11.6 Å². The van der Waals surface area contributed by atoms with Crippen molar-refractivity contribution in [2.45, 2.75) is 12.3 Å². The summed E-state index contributed by atoms with van der Waals surface area (Å²) in [6.45, 7) is 0.404. The normalized spacial score (nSPS) is 12.2. The van der Waals surface area contributed by atoms with Gasteiger partial charge in [-0.2, -0.15) is 0 Å². The number of methoxy groups -OCH3 is 1. The summed E-state index contributed by atoms with van der Waals surface area (Å²) in [7, 11) is 1.44. The van der Waals surface area contributed by atoms with Crippen molar-refractivity contribution in [1.82, 2.24) is 0 Å². The fourth-order valence-corrected chi connectivity index (χ4v) is 2.24. The standard InChI is InChI=1S/C16H18FNO2/c1-20-16-6-5-12(9-15(16)17)13(10-18)7-11-3-2-4-14(19)8-11/h2-6,8-9,13,19H,7,10,18H2,1H3. The molecule has 2 aromatic rings. The maximum absolute atomic E-state index is 13.7. The lowest BCUT2D eigenvalue weighted by Crippen LogP contribution is -2.15. The van der Waals surface area contributed by atoms with Crippen LogP contribution < -0.4 is 10.5 Å². The third-order valence-electron chi connectivity index (χ3n) is 3.32. The molecule has 0 heterocycles. The Bertz CT molecular complexity index is 586. The van der Waals surface area contributed by atoms with E-state index in [1.165, 1.54) is 13.2 Å². The first kappa shape index (κ1) is 14.3. The average molecular weight is 275 g/mol. The Balaban J connectivity index is 2.22. The first-order valence-corrected chi connectivity index (χ1v) is 6.45. The number of phenols is 1. The van der Waals surface area contributed by atoms with Crippen LogP contribution in [0.1, 0.15) is 17.0 Å². The molecular formula is C16H18FNO2. The summed E-state index contributed by atoms with van der Waals surface area (Å²) < 4.78 is 18.7. The number of rotatable bonds is 5. The Kier molecular flexibility index (Phi) is 4.58. The molecule has 0 aromatic heterocycles. The molecular weight excluding hydrogens is 257 g/mol. The van der Waals surface area contributed by atoms with Crippen molar-refractivity contribution in [2.75, 3.05) is 13.7 Å². The number of phenolic OH excluding ortho intramolecular Hbond substituents is 1. The van der Waals surface area contributed by atoms with Gasteiger partial charge in [0.05, 0.1) is 7.11 Å². The highest BCUT2D eigenvalue weighted by Crippen LogP contribution is 2.26. The van der Waals surface area contributed by atoms with E-state index in [0.29, 0.717) is 13.0 Å². The van der Waals surface area contributed by atoms with Crippen LogP contribution in [0.25, 0.3) is 0 Å². The summed E-state index contributed by atoms with van der Waals surface area (Å²) in [4.78, 5) is 0. The molecule has 0 saturated heterocycles. The van der Waals surface area contributed by atoms with E-state index >= 15 is 0 Å². The molecule has 1 unspecified atom stereocenters. The van der Waals surface area contributed by atoms with Crippen LogP contribution in [0.2, 0.25) is 0 Å². The van der Waals surface area contributed by atoms with Gasteiger partial charge in [-0.15, -0.1) is 0 Å². The largest absolute Gasteiger partial charge is 0.508 e. The van der Waals surface area contributed by atoms with Gasteiger partial charge in [0, 0.05) is 5.92 Å². The first-order chi connectivity index (χ1) is 9.63. The van der Waals surface area contributed by atoms with E-state index in [9.17, 15) is 9.50 Å². The van der Waals surface area contributed by atoms with Gasteiger partial charge in [-0.25, -0.2) is 4.39 Å². The summed E-state index contributed by atoms with van der Waals surface area (Å²) in [6, 6.07) is 11.9. The fraction of sp³-hybridized carbons (Fsp3) is 0.250. The van der Waals surface area contributed by atoms with Crippen LogP contribution in [0.15, 0.2) is 42.5 Å². The SMILES string of the molecule is COc1ccc(C(CN)Cc2cccc(O)c2)cc1F. The Labute approximate surface area is 117 Å². The van der Waals surface area contributed by atoms with Gasteiger partial charge in [-0.1, -0.05) is 18.2 Å². The molecule has 106 valence electrons. The molecule has 0 aliphatic heterocycles. The van der Waals surface area contributed by atoms with Crippen molar-refractivity contribution in [3.8, 4) is 11.5 Å². The number of benzene rings is 2. The zero-order valence-electron chi connectivity index (χ0n) is 11.3. The zero-order chi connectivity index (χ0) is 14.5. The zero-order valence-corrected chi connectivity index (χ0v) is 11.3. The second kappa shape index (κ2) is 6.39. The molecule has 3 N–H and O–H groups in total. The molecule has 0 fully saturated rings. The van der Waals surface area contributed by atoms with Crippen molar-refractivity contribution in [1.29, 1.82) is 0 Å². The highest BCUT2D eigenvalue weighted by molar-refractivity contribution is 5.34. The Morgan fingerprint density at radius 3 is 2.65 bits per heavy atom. The van der Waals surface area contributed by atoms with Gasteiger partial charge in [0.25, 0.3) is 0 Å². The predicted molar refractivity (Wildman–Crippen MR) is 76.6 cm³/mol. The molecule has 0 aliphatic carbocycles. The number of ether oxygens (including phenoxy) is 1. The first-order valence-electron chi connectivity index (χ1n) is 6.45. The molecule has 0 radical (unpaired) electrons. The van der Waals surface area contributed by atoms with Crippen molar-refractivity contribution in [3.05, 3.63) is 59.4 Å². The lowest BCUT2D eigenvalue weighted by atomic mass is 9.92. The molecule has 1 atom stereocenters. The molecule has 0 amide bonds. The van der Waals surface area contributed by atoms with Gasteiger partial charge in [-0.05, 0) is 48.4 Å². The van der Waals surface area contributed by atoms with E-state index < -0.39 is 0 Å². The minimum Gasteiger partial charge on any atom is -0.508 e. The number of hydrogen-bond acceptors (Lipinski definition) is 3. The molecule has 2 aromatic carbocycles. The minimum atomic E-state index is -0.389. The van der Waals surface area contributed by atoms with Gasteiger partial charge < -0.3 is 15.6 Å². The summed E-state index contributed by atoms with van der Waals surface area (Å²) in [6.07, 6.45) is 0.649. The molecule has 3 nitrogen and oxygen atoms in total. The van der Waals surface area contributed by atoms with Crippen LogP contribution in [0.4, 0.5) is 4.39 Å². The highest BCUT2D eigenvalue weighted by Gasteiger charge is 2.13. The lowest BCUT2D eigenvalue weighted by Gasteiger charge is -2.16. The van der Waals surface area contributed by atoms with Crippen LogP contribution in [-0.4, -0.2) is 18.8 Å². The number of nitrogens with two attached hydrogens (primary N) is 1.